The molecule has 0 atom stereocenters. The first-order chi connectivity index (χ1) is 7.98. The van der Waals surface area contributed by atoms with Crippen LogP contribution in [0.5, 0.6) is 0 Å². The zero-order valence-electron chi connectivity index (χ0n) is 8.48. The van der Waals surface area contributed by atoms with Gasteiger partial charge in [0.1, 0.15) is 6.33 Å². The lowest BCUT2D eigenvalue weighted by molar-refractivity contribution is -0.137. The van der Waals surface area contributed by atoms with E-state index < -0.39 is 17.6 Å². The summed E-state index contributed by atoms with van der Waals surface area (Å²) >= 11 is 0. The fourth-order valence-electron chi connectivity index (χ4n) is 1.33. The number of rotatable bonds is 1. The van der Waals surface area contributed by atoms with E-state index in [1.807, 2.05) is 0 Å². The first-order valence-corrected chi connectivity index (χ1v) is 4.68. The van der Waals surface area contributed by atoms with E-state index in [2.05, 4.69) is 4.98 Å². The van der Waals surface area contributed by atoms with E-state index in [0.29, 0.717) is 0 Å². The van der Waals surface area contributed by atoms with Crippen LogP contribution in [0.2, 0.25) is 0 Å². The number of benzene rings is 1. The average Bonchev–Trinajstić information content (AvgIpc) is 2.80. The fraction of sp³-hybridized carbons (Fsp3) is 0.0909. The van der Waals surface area contributed by atoms with Gasteiger partial charge in [-0.15, -0.1) is 0 Å². The monoisotopic (exact) mass is 240 g/mol. The van der Waals surface area contributed by atoms with Crippen molar-refractivity contribution in [2.75, 3.05) is 0 Å². The maximum absolute atomic E-state index is 12.3. The molecule has 3 nitrogen and oxygen atoms in total. The van der Waals surface area contributed by atoms with Crippen LogP contribution in [-0.4, -0.2) is 15.5 Å². The van der Waals surface area contributed by atoms with Gasteiger partial charge >= 0.3 is 6.18 Å². The molecule has 1 aromatic carbocycles. The topological polar surface area (TPSA) is 34.9 Å². The van der Waals surface area contributed by atoms with Crippen LogP contribution in [0.25, 0.3) is 0 Å². The van der Waals surface area contributed by atoms with Crippen LogP contribution in [-0.2, 0) is 6.18 Å². The molecule has 1 aromatic heterocycles. The Bertz CT molecular complexity index is 515. The minimum absolute atomic E-state index is 0.177. The number of hydrogen-bond donors (Lipinski definition) is 0. The van der Waals surface area contributed by atoms with E-state index in [0.717, 1.165) is 24.3 Å². The predicted molar refractivity (Wildman–Crippen MR) is 53.4 cm³/mol. The van der Waals surface area contributed by atoms with Gasteiger partial charge < -0.3 is 0 Å². The van der Waals surface area contributed by atoms with E-state index in [-0.39, 0.29) is 5.56 Å². The average molecular weight is 240 g/mol. The molecule has 6 heteroatoms. The molecule has 0 amide bonds. The second-order valence-electron chi connectivity index (χ2n) is 3.35. The van der Waals surface area contributed by atoms with Gasteiger partial charge in [-0.2, -0.15) is 13.2 Å². The molecule has 0 radical (unpaired) electrons. The number of carbonyl (C=O) groups excluding carboxylic acids is 1. The summed E-state index contributed by atoms with van der Waals surface area (Å²) < 4.78 is 38.1. The lowest BCUT2D eigenvalue weighted by Crippen LogP contribution is -2.11. The van der Waals surface area contributed by atoms with Gasteiger partial charge in [-0.1, -0.05) is 0 Å². The summed E-state index contributed by atoms with van der Waals surface area (Å²) in [5.74, 6) is -0.420. The summed E-state index contributed by atoms with van der Waals surface area (Å²) in [6.45, 7) is 0. The van der Waals surface area contributed by atoms with E-state index in [1.165, 1.54) is 23.3 Å². The van der Waals surface area contributed by atoms with Crippen molar-refractivity contribution in [1.29, 1.82) is 0 Å². The van der Waals surface area contributed by atoms with Crippen LogP contribution in [0.1, 0.15) is 15.9 Å². The molecule has 0 saturated carbocycles. The maximum atomic E-state index is 12.3. The van der Waals surface area contributed by atoms with Gasteiger partial charge in [0.15, 0.2) is 0 Å². The third-order valence-electron chi connectivity index (χ3n) is 2.20. The van der Waals surface area contributed by atoms with E-state index in [9.17, 15) is 18.0 Å². The lowest BCUT2D eigenvalue weighted by atomic mass is 10.1. The van der Waals surface area contributed by atoms with Crippen molar-refractivity contribution in [3.8, 4) is 0 Å². The largest absolute Gasteiger partial charge is 0.416 e. The summed E-state index contributed by atoms with van der Waals surface area (Å²) in [5.41, 5.74) is -0.601. The van der Waals surface area contributed by atoms with Crippen LogP contribution in [0, 0.1) is 0 Å². The molecule has 2 rings (SSSR count). The van der Waals surface area contributed by atoms with Crippen molar-refractivity contribution in [2.24, 2.45) is 0 Å². The molecule has 88 valence electrons. The minimum atomic E-state index is -4.39. The highest BCUT2D eigenvalue weighted by Gasteiger charge is 2.30. The molecule has 1 heterocycles. The summed E-state index contributed by atoms with van der Waals surface area (Å²) in [5, 5.41) is 0. The summed E-state index contributed by atoms with van der Waals surface area (Å²) in [6.07, 6.45) is -0.251. The molecule has 0 fully saturated rings. The highest BCUT2D eigenvalue weighted by molar-refractivity contribution is 5.95. The van der Waals surface area contributed by atoms with Gasteiger partial charge in [0, 0.05) is 18.0 Å². The zero-order valence-corrected chi connectivity index (χ0v) is 8.48. The van der Waals surface area contributed by atoms with Crippen molar-refractivity contribution in [3.05, 3.63) is 54.1 Å². The van der Waals surface area contributed by atoms with Crippen molar-refractivity contribution in [1.82, 2.24) is 9.55 Å². The third-order valence-corrected chi connectivity index (χ3v) is 2.20. The molecule has 0 aliphatic rings. The Kier molecular flexibility index (Phi) is 2.71. The van der Waals surface area contributed by atoms with Gasteiger partial charge in [0.2, 0.25) is 0 Å². The Labute approximate surface area is 94.5 Å². The first kappa shape index (κ1) is 11.4. The van der Waals surface area contributed by atoms with Crippen molar-refractivity contribution in [3.63, 3.8) is 0 Å². The van der Waals surface area contributed by atoms with Crippen LogP contribution < -0.4 is 0 Å². The van der Waals surface area contributed by atoms with Gasteiger partial charge in [-0.25, -0.2) is 4.98 Å². The normalized spacial score (nSPS) is 11.5. The third kappa shape index (κ3) is 2.35. The quantitative estimate of drug-likeness (QED) is 0.767. The zero-order chi connectivity index (χ0) is 12.5. The standard InChI is InChI=1S/C11H7F3N2O/c12-11(13,14)9-3-1-8(2-4-9)10(17)16-6-5-15-7-16/h1-7H. The van der Waals surface area contributed by atoms with Gasteiger partial charge in [0.05, 0.1) is 5.56 Å². The summed E-state index contributed by atoms with van der Waals surface area (Å²) in [4.78, 5) is 15.4. The molecule has 2 aromatic rings. The predicted octanol–water partition coefficient (Wildman–Crippen LogP) is 2.59. The van der Waals surface area contributed by atoms with Gasteiger partial charge in [-0.3, -0.25) is 9.36 Å². The van der Waals surface area contributed by atoms with Crippen molar-refractivity contribution in [2.45, 2.75) is 6.18 Å². The molecule has 0 aliphatic carbocycles. The molecule has 17 heavy (non-hydrogen) atoms. The number of carbonyl (C=O) groups is 1. The SMILES string of the molecule is O=C(c1ccc(C(F)(F)F)cc1)n1ccnc1. The Morgan fingerprint density at radius 3 is 2.29 bits per heavy atom. The Hall–Kier alpha value is -2.11. The molecule has 0 aliphatic heterocycles. The van der Waals surface area contributed by atoms with Crippen LogP contribution in [0.3, 0.4) is 0 Å². The van der Waals surface area contributed by atoms with Crippen molar-refractivity contribution < 1.29 is 18.0 Å². The van der Waals surface area contributed by atoms with E-state index in [4.69, 9.17) is 0 Å². The van der Waals surface area contributed by atoms with Crippen LogP contribution >= 0.6 is 0 Å². The van der Waals surface area contributed by atoms with E-state index in [1.54, 1.807) is 0 Å². The number of nitrogens with zero attached hydrogens (tertiary/aromatic N) is 2. The van der Waals surface area contributed by atoms with Crippen LogP contribution in [0.15, 0.2) is 43.0 Å². The molecule has 0 bridgehead atoms. The molecular weight excluding hydrogens is 233 g/mol. The highest BCUT2D eigenvalue weighted by atomic mass is 19.4. The second-order valence-corrected chi connectivity index (χ2v) is 3.35. The Balaban J connectivity index is 2.28. The lowest BCUT2D eigenvalue weighted by Gasteiger charge is -2.07. The first-order valence-electron chi connectivity index (χ1n) is 4.68. The highest BCUT2D eigenvalue weighted by Crippen LogP contribution is 2.29. The molecular formula is C11H7F3N2O. The molecule has 0 spiro atoms. The number of hydrogen-bond acceptors (Lipinski definition) is 2. The maximum Gasteiger partial charge on any atom is 0.416 e. The summed E-state index contributed by atoms with van der Waals surface area (Å²) in [6, 6.07) is 4.05. The number of halogens is 3. The number of aromatic nitrogens is 2. The van der Waals surface area contributed by atoms with Gasteiger partial charge in [-0.05, 0) is 24.3 Å². The Morgan fingerprint density at radius 1 is 1.18 bits per heavy atom. The molecule has 0 unspecified atom stereocenters. The summed E-state index contributed by atoms with van der Waals surface area (Å²) in [7, 11) is 0. The van der Waals surface area contributed by atoms with Crippen LogP contribution in [0.4, 0.5) is 13.2 Å². The van der Waals surface area contributed by atoms with Crippen molar-refractivity contribution >= 4 is 5.91 Å². The number of imidazole rings is 1. The minimum Gasteiger partial charge on any atom is -0.272 e. The van der Waals surface area contributed by atoms with E-state index >= 15 is 0 Å². The fourth-order valence-corrected chi connectivity index (χ4v) is 1.33. The second kappa shape index (κ2) is 4.04. The van der Waals surface area contributed by atoms with Gasteiger partial charge in [0.25, 0.3) is 5.91 Å². The number of alkyl halides is 3. The Morgan fingerprint density at radius 2 is 1.82 bits per heavy atom. The molecule has 0 N–H and O–H groups in total. The molecule has 0 saturated heterocycles. The smallest absolute Gasteiger partial charge is 0.272 e.